The van der Waals surface area contributed by atoms with Gasteiger partial charge in [0.15, 0.2) is 0 Å². The van der Waals surface area contributed by atoms with Crippen LogP contribution in [0.5, 0.6) is 0 Å². The molecule has 4 nitrogen and oxygen atoms in total. The smallest absolute Gasteiger partial charge is 0.251 e. The minimum absolute atomic E-state index is 0.0646. The summed E-state index contributed by atoms with van der Waals surface area (Å²) in [6.07, 6.45) is 10.7. The minimum atomic E-state index is -0.399. The van der Waals surface area contributed by atoms with Crippen LogP contribution in [-0.4, -0.2) is 29.1 Å². The number of amides is 1. The number of nitrogens with zero attached hydrogens (tertiary/aromatic N) is 1. The van der Waals surface area contributed by atoms with Crippen molar-refractivity contribution in [3.05, 3.63) is 54.1 Å². The number of hydrogen-bond acceptors (Lipinski definition) is 3. The first-order valence-corrected chi connectivity index (χ1v) is 9.80. The molecule has 0 bridgehead atoms. The zero-order valence-electron chi connectivity index (χ0n) is 15.4. The average Bonchev–Trinajstić information content (AvgIpc) is 2.69. The van der Waals surface area contributed by atoms with Gasteiger partial charge in [0.1, 0.15) is 5.82 Å². The van der Waals surface area contributed by atoms with Gasteiger partial charge in [-0.15, -0.1) is 0 Å². The molecule has 2 heterocycles. The second-order valence-corrected chi connectivity index (χ2v) is 7.69. The van der Waals surface area contributed by atoms with Crippen molar-refractivity contribution in [2.75, 3.05) is 6.61 Å². The van der Waals surface area contributed by atoms with Crippen molar-refractivity contribution in [1.82, 2.24) is 10.3 Å². The van der Waals surface area contributed by atoms with Crippen LogP contribution >= 0.6 is 0 Å². The maximum absolute atomic E-state index is 14.5. The number of carbonyl (C=O) groups is 1. The van der Waals surface area contributed by atoms with Gasteiger partial charge >= 0.3 is 0 Å². The van der Waals surface area contributed by atoms with Gasteiger partial charge in [0.05, 0.1) is 5.60 Å². The van der Waals surface area contributed by atoms with Crippen molar-refractivity contribution in [3.63, 3.8) is 0 Å². The second-order valence-electron chi connectivity index (χ2n) is 7.69. The lowest BCUT2D eigenvalue weighted by Gasteiger charge is -2.43. The summed E-state index contributed by atoms with van der Waals surface area (Å²) in [5.41, 5.74) is 1.51. The number of pyridine rings is 1. The van der Waals surface area contributed by atoms with Gasteiger partial charge in [-0.05, 0) is 55.5 Å². The minimum Gasteiger partial charge on any atom is -0.375 e. The molecule has 27 heavy (non-hydrogen) atoms. The van der Waals surface area contributed by atoms with E-state index in [9.17, 15) is 9.18 Å². The first kappa shape index (κ1) is 18.1. The first-order valence-electron chi connectivity index (χ1n) is 9.80. The van der Waals surface area contributed by atoms with Crippen LogP contribution in [0.1, 0.15) is 55.3 Å². The van der Waals surface area contributed by atoms with Gasteiger partial charge in [-0.2, -0.15) is 0 Å². The monoisotopic (exact) mass is 368 g/mol. The van der Waals surface area contributed by atoms with E-state index in [2.05, 4.69) is 10.3 Å². The summed E-state index contributed by atoms with van der Waals surface area (Å²) >= 11 is 0. The van der Waals surface area contributed by atoms with Crippen LogP contribution in [0.2, 0.25) is 0 Å². The zero-order valence-corrected chi connectivity index (χ0v) is 15.4. The van der Waals surface area contributed by atoms with Crippen molar-refractivity contribution >= 4 is 5.91 Å². The summed E-state index contributed by atoms with van der Waals surface area (Å²) in [6, 6.07) is 8.26. The fraction of sp³-hybridized carbons (Fsp3) is 0.455. The largest absolute Gasteiger partial charge is 0.375 e. The summed E-state index contributed by atoms with van der Waals surface area (Å²) in [6.45, 7) is 0.681. The van der Waals surface area contributed by atoms with Crippen molar-refractivity contribution in [1.29, 1.82) is 0 Å². The van der Waals surface area contributed by atoms with Crippen LogP contribution in [0.4, 0.5) is 4.39 Å². The van der Waals surface area contributed by atoms with Crippen LogP contribution in [-0.2, 0) is 4.74 Å². The summed E-state index contributed by atoms with van der Waals surface area (Å²) in [7, 11) is 0. The highest BCUT2D eigenvalue weighted by atomic mass is 19.1. The molecule has 5 heteroatoms. The molecule has 1 unspecified atom stereocenters. The standard InChI is InChI=1S/C22H25FN2O2/c23-20-14-17(4-5-19(20)16-6-11-24-12-7-16)21(26)25-18-8-13-27-22(15-18)9-2-1-3-10-22/h4-7,11-12,14,18H,1-3,8-10,13,15H2,(H,25,26). The highest BCUT2D eigenvalue weighted by molar-refractivity contribution is 5.95. The molecule has 1 spiro atoms. The normalized spacial score (nSPS) is 21.7. The third kappa shape index (κ3) is 4.03. The Hall–Kier alpha value is -2.27. The van der Waals surface area contributed by atoms with Crippen LogP contribution in [0.3, 0.4) is 0 Å². The Labute approximate surface area is 159 Å². The average molecular weight is 368 g/mol. The number of rotatable bonds is 3. The first-order chi connectivity index (χ1) is 13.2. The fourth-order valence-corrected chi connectivity index (χ4v) is 4.39. The quantitative estimate of drug-likeness (QED) is 0.868. The molecule has 1 aromatic carbocycles. The number of nitrogens with one attached hydrogen (secondary N) is 1. The highest BCUT2D eigenvalue weighted by Crippen LogP contribution is 2.38. The predicted octanol–water partition coefficient (Wildman–Crippen LogP) is 4.50. The molecule has 1 saturated heterocycles. The molecule has 0 radical (unpaired) electrons. The molecule has 4 rings (SSSR count). The molecule has 1 atom stereocenters. The zero-order chi connectivity index (χ0) is 18.7. The number of benzene rings is 1. The number of halogens is 1. The summed E-state index contributed by atoms with van der Waals surface area (Å²) < 4.78 is 20.6. The Morgan fingerprint density at radius 3 is 2.67 bits per heavy atom. The number of hydrogen-bond donors (Lipinski definition) is 1. The lowest BCUT2D eigenvalue weighted by Crippen LogP contribution is -2.49. The molecule has 142 valence electrons. The van der Waals surface area contributed by atoms with E-state index in [-0.39, 0.29) is 17.6 Å². The van der Waals surface area contributed by atoms with E-state index in [1.165, 1.54) is 25.3 Å². The van der Waals surface area contributed by atoms with Crippen LogP contribution in [0, 0.1) is 5.82 Å². The predicted molar refractivity (Wildman–Crippen MR) is 102 cm³/mol. The van der Waals surface area contributed by atoms with Gasteiger partial charge in [0, 0.05) is 36.2 Å². The topological polar surface area (TPSA) is 51.2 Å². The molecular weight excluding hydrogens is 343 g/mol. The second kappa shape index (κ2) is 7.77. The third-order valence-corrected chi connectivity index (χ3v) is 5.82. The molecule has 1 aromatic heterocycles. The van der Waals surface area contributed by atoms with Crippen molar-refractivity contribution < 1.29 is 13.9 Å². The van der Waals surface area contributed by atoms with E-state index in [0.717, 1.165) is 31.2 Å². The Kier molecular flexibility index (Phi) is 5.21. The van der Waals surface area contributed by atoms with Gasteiger partial charge in [0.25, 0.3) is 5.91 Å². The van der Waals surface area contributed by atoms with Gasteiger partial charge in [-0.25, -0.2) is 4.39 Å². The van der Waals surface area contributed by atoms with Gasteiger partial charge in [-0.3, -0.25) is 9.78 Å². The molecule has 2 fully saturated rings. The lowest BCUT2D eigenvalue weighted by molar-refractivity contribution is -0.107. The molecule has 1 amide bonds. The molecular formula is C22H25FN2O2. The van der Waals surface area contributed by atoms with Crippen LogP contribution < -0.4 is 5.32 Å². The van der Waals surface area contributed by atoms with Gasteiger partial charge in [-0.1, -0.05) is 25.3 Å². The van der Waals surface area contributed by atoms with E-state index in [0.29, 0.717) is 17.7 Å². The maximum Gasteiger partial charge on any atom is 0.251 e. The molecule has 1 N–H and O–H groups in total. The molecule has 2 aromatic rings. The van der Waals surface area contributed by atoms with Crippen molar-refractivity contribution in [3.8, 4) is 11.1 Å². The number of carbonyl (C=O) groups excluding carboxylic acids is 1. The Morgan fingerprint density at radius 2 is 1.93 bits per heavy atom. The summed E-state index contributed by atoms with van der Waals surface area (Å²) in [4.78, 5) is 16.6. The molecule has 1 aliphatic heterocycles. The van der Waals surface area contributed by atoms with Crippen molar-refractivity contribution in [2.45, 2.75) is 56.6 Å². The third-order valence-electron chi connectivity index (χ3n) is 5.82. The Bertz CT molecular complexity index is 798. The Morgan fingerprint density at radius 1 is 1.15 bits per heavy atom. The number of ether oxygens (including phenoxy) is 1. The number of aromatic nitrogens is 1. The molecule has 1 saturated carbocycles. The van der Waals surface area contributed by atoms with E-state index in [1.54, 1.807) is 36.7 Å². The lowest BCUT2D eigenvalue weighted by atomic mass is 9.78. The van der Waals surface area contributed by atoms with Crippen LogP contribution in [0.15, 0.2) is 42.7 Å². The van der Waals surface area contributed by atoms with E-state index in [4.69, 9.17) is 4.74 Å². The summed E-state index contributed by atoms with van der Waals surface area (Å²) in [5.74, 6) is -0.613. The van der Waals surface area contributed by atoms with Gasteiger partial charge in [0.2, 0.25) is 0 Å². The van der Waals surface area contributed by atoms with E-state index >= 15 is 0 Å². The van der Waals surface area contributed by atoms with Crippen LogP contribution in [0.25, 0.3) is 11.1 Å². The van der Waals surface area contributed by atoms with E-state index in [1.807, 2.05) is 0 Å². The molecule has 1 aliphatic carbocycles. The summed E-state index contributed by atoms with van der Waals surface area (Å²) in [5, 5.41) is 3.10. The van der Waals surface area contributed by atoms with E-state index < -0.39 is 5.82 Å². The van der Waals surface area contributed by atoms with Crippen molar-refractivity contribution in [2.24, 2.45) is 0 Å². The van der Waals surface area contributed by atoms with Gasteiger partial charge < -0.3 is 10.1 Å². The highest BCUT2D eigenvalue weighted by Gasteiger charge is 2.38. The SMILES string of the molecule is O=C(NC1CCOC2(CCCCC2)C1)c1ccc(-c2ccncc2)c(F)c1. The maximum atomic E-state index is 14.5. The Balaban J connectivity index is 1.44. The molecule has 2 aliphatic rings. The fourth-order valence-electron chi connectivity index (χ4n) is 4.39.